The minimum absolute atomic E-state index is 0.340. The standard InChI is InChI=1S/C24H38O5/c1-15(2)7-10-20(23(25)26)19-12-9-18(29-14-17(5)6)13-22(19)21(24(27)28)11-8-16(3)4/h9,12-13,15-17,20-21H,7-8,10-11,14H2,1-6H3,(H,25,26)(H,27,28). The van der Waals surface area contributed by atoms with E-state index in [1.165, 1.54) is 0 Å². The number of carbonyl (C=O) groups is 2. The Balaban J connectivity index is 3.39. The Kier molecular flexibility index (Phi) is 10.2. The molecule has 29 heavy (non-hydrogen) atoms. The number of carboxylic acids is 2. The number of ether oxygens (including phenoxy) is 1. The summed E-state index contributed by atoms with van der Waals surface area (Å²) in [5.41, 5.74) is 1.18. The van der Waals surface area contributed by atoms with Crippen molar-refractivity contribution in [2.24, 2.45) is 17.8 Å². The van der Waals surface area contributed by atoms with E-state index in [0.717, 1.165) is 12.8 Å². The molecule has 0 saturated carbocycles. The molecule has 1 aromatic carbocycles. The fourth-order valence-electron chi connectivity index (χ4n) is 3.35. The van der Waals surface area contributed by atoms with Gasteiger partial charge < -0.3 is 14.9 Å². The van der Waals surface area contributed by atoms with Crippen molar-refractivity contribution in [3.05, 3.63) is 29.3 Å². The highest BCUT2D eigenvalue weighted by Gasteiger charge is 2.30. The Morgan fingerprint density at radius 3 is 1.66 bits per heavy atom. The molecule has 1 aromatic rings. The lowest BCUT2D eigenvalue weighted by Gasteiger charge is -2.23. The largest absolute Gasteiger partial charge is 0.493 e. The average Bonchev–Trinajstić information content (AvgIpc) is 2.60. The van der Waals surface area contributed by atoms with Gasteiger partial charge in [0.05, 0.1) is 18.4 Å². The molecule has 164 valence electrons. The fourth-order valence-corrected chi connectivity index (χ4v) is 3.35. The third-order valence-electron chi connectivity index (χ3n) is 5.05. The molecule has 1 rings (SSSR count). The van der Waals surface area contributed by atoms with Crippen molar-refractivity contribution in [1.82, 2.24) is 0 Å². The highest BCUT2D eigenvalue weighted by Crippen LogP contribution is 2.36. The zero-order chi connectivity index (χ0) is 22.1. The van der Waals surface area contributed by atoms with Crippen LogP contribution in [-0.2, 0) is 9.59 Å². The predicted octanol–water partition coefficient (Wildman–Crippen LogP) is 5.93. The molecule has 0 aliphatic heterocycles. The van der Waals surface area contributed by atoms with Gasteiger partial charge in [0.2, 0.25) is 0 Å². The molecule has 0 radical (unpaired) electrons. The molecule has 0 aromatic heterocycles. The number of hydrogen-bond donors (Lipinski definition) is 2. The van der Waals surface area contributed by atoms with Gasteiger partial charge in [0.1, 0.15) is 5.75 Å². The van der Waals surface area contributed by atoms with E-state index in [2.05, 4.69) is 27.7 Å². The molecule has 0 bridgehead atoms. The molecule has 0 amide bonds. The SMILES string of the molecule is CC(C)CCC(C(=O)O)c1ccc(OCC(C)C)cc1C(CCC(C)C)C(=O)O. The van der Waals surface area contributed by atoms with Crippen LogP contribution in [0.25, 0.3) is 0 Å². The Labute approximate surface area is 175 Å². The number of hydrogen-bond acceptors (Lipinski definition) is 3. The van der Waals surface area contributed by atoms with Crippen molar-refractivity contribution < 1.29 is 24.5 Å². The van der Waals surface area contributed by atoms with Gasteiger partial charge >= 0.3 is 11.9 Å². The van der Waals surface area contributed by atoms with E-state index in [0.29, 0.717) is 54.1 Å². The summed E-state index contributed by atoms with van der Waals surface area (Å²) >= 11 is 0. The van der Waals surface area contributed by atoms with Crippen LogP contribution in [0.4, 0.5) is 0 Å². The monoisotopic (exact) mass is 406 g/mol. The first kappa shape index (κ1) is 25.0. The number of rotatable bonds is 13. The zero-order valence-electron chi connectivity index (χ0n) is 18.8. The number of benzene rings is 1. The summed E-state index contributed by atoms with van der Waals surface area (Å²) in [7, 11) is 0. The summed E-state index contributed by atoms with van der Waals surface area (Å²) in [5.74, 6) is -1.59. The normalized spacial score (nSPS) is 13.7. The van der Waals surface area contributed by atoms with Gasteiger partial charge in [-0.25, -0.2) is 0 Å². The van der Waals surface area contributed by atoms with Gasteiger partial charge in [0, 0.05) is 0 Å². The van der Waals surface area contributed by atoms with Crippen molar-refractivity contribution in [2.75, 3.05) is 6.61 Å². The summed E-state index contributed by atoms with van der Waals surface area (Å²) < 4.78 is 5.82. The maximum Gasteiger partial charge on any atom is 0.310 e. The highest BCUT2D eigenvalue weighted by molar-refractivity contribution is 5.81. The van der Waals surface area contributed by atoms with Gasteiger partial charge in [-0.2, -0.15) is 0 Å². The molecule has 0 aliphatic rings. The molecule has 0 aliphatic carbocycles. The van der Waals surface area contributed by atoms with E-state index in [9.17, 15) is 19.8 Å². The van der Waals surface area contributed by atoms with Crippen LogP contribution < -0.4 is 4.74 Å². The van der Waals surface area contributed by atoms with Crippen LogP contribution in [0.3, 0.4) is 0 Å². The summed E-state index contributed by atoms with van der Waals surface area (Å²) in [6, 6.07) is 5.28. The minimum Gasteiger partial charge on any atom is -0.493 e. The van der Waals surface area contributed by atoms with E-state index >= 15 is 0 Å². The molecular weight excluding hydrogens is 368 g/mol. The Hall–Kier alpha value is -2.04. The molecule has 0 saturated heterocycles. The molecule has 0 heterocycles. The third-order valence-corrected chi connectivity index (χ3v) is 5.05. The second-order valence-electron chi connectivity index (χ2n) is 9.22. The Bertz CT molecular complexity index is 663. The van der Waals surface area contributed by atoms with Gasteiger partial charge in [-0.05, 0) is 66.7 Å². The Morgan fingerprint density at radius 1 is 0.759 bits per heavy atom. The van der Waals surface area contributed by atoms with Crippen LogP contribution in [0.15, 0.2) is 18.2 Å². The Morgan fingerprint density at radius 2 is 1.24 bits per heavy atom. The van der Waals surface area contributed by atoms with Crippen LogP contribution in [0.2, 0.25) is 0 Å². The summed E-state index contributed by atoms with van der Waals surface area (Å²) in [6.45, 7) is 12.9. The molecule has 2 N–H and O–H groups in total. The van der Waals surface area contributed by atoms with Crippen LogP contribution in [-0.4, -0.2) is 28.8 Å². The van der Waals surface area contributed by atoms with Gasteiger partial charge in [-0.15, -0.1) is 0 Å². The van der Waals surface area contributed by atoms with Crippen molar-refractivity contribution in [3.63, 3.8) is 0 Å². The summed E-state index contributed by atoms with van der Waals surface area (Å²) in [5, 5.41) is 19.8. The van der Waals surface area contributed by atoms with Crippen LogP contribution in [0, 0.1) is 17.8 Å². The van der Waals surface area contributed by atoms with E-state index < -0.39 is 23.8 Å². The molecule has 2 atom stereocenters. The van der Waals surface area contributed by atoms with Crippen molar-refractivity contribution in [3.8, 4) is 5.75 Å². The summed E-state index contributed by atoms with van der Waals surface area (Å²) in [4.78, 5) is 24.2. The van der Waals surface area contributed by atoms with E-state index in [1.807, 2.05) is 13.8 Å². The highest BCUT2D eigenvalue weighted by atomic mass is 16.5. The van der Waals surface area contributed by atoms with E-state index in [-0.39, 0.29) is 0 Å². The molecular formula is C24H38O5. The van der Waals surface area contributed by atoms with E-state index in [4.69, 9.17) is 4.74 Å². The fraction of sp³-hybridized carbons (Fsp3) is 0.667. The predicted molar refractivity (Wildman–Crippen MR) is 116 cm³/mol. The van der Waals surface area contributed by atoms with Gasteiger partial charge in [0.25, 0.3) is 0 Å². The topological polar surface area (TPSA) is 83.8 Å². The quantitative estimate of drug-likeness (QED) is 0.424. The third kappa shape index (κ3) is 8.46. The maximum absolute atomic E-state index is 12.1. The minimum atomic E-state index is -0.916. The number of aliphatic carboxylic acids is 2. The second-order valence-corrected chi connectivity index (χ2v) is 9.22. The zero-order valence-corrected chi connectivity index (χ0v) is 18.8. The smallest absolute Gasteiger partial charge is 0.310 e. The average molecular weight is 407 g/mol. The van der Waals surface area contributed by atoms with Crippen LogP contribution in [0.5, 0.6) is 5.75 Å². The van der Waals surface area contributed by atoms with Crippen molar-refractivity contribution in [1.29, 1.82) is 0 Å². The first-order valence-corrected chi connectivity index (χ1v) is 10.7. The first-order valence-electron chi connectivity index (χ1n) is 10.7. The van der Waals surface area contributed by atoms with Gasteiger partial charge in [0.15, 0.2) is 0 Å². The lowest BCUT2D eigenvalue weighted by molar-refractivity contribution is -0.140. The van der Waals surface area contributed by atoms with Crippen molar-refractivity contribution >= 4 is 11.9 Å². The molecule has 5 heteroatoms. The maximum atomic E-state index is 12.1. The number of carboxylic acid groups (broad SMARTS) is 2. The van der Waals surface area contributed by atoms with Crippen LogP contribution in [0.1, 0.15) is 90.2 Å². The van der Waals surface area contributed by atoms with Gasteiger partial charge in [-0.3, -0.25) is 9.59 Å². The lowest BCUT2D eigenvalue weighted by Crippen LogP contribution is -2.20. The van der Waals surface area contributed by atoms with Gasteiger partial charge in [-0.1, -0.05) is 47.6 Å². The molecule has 2 unspecified atom stereocenters. The summed E-state index contributed by atoms with van der Waals surface area (Å²) in [6.07, 6.45) is 2.50. The molecule has 5 nitrogen and oxygen atoms in total. The first-order chi connectivity index (χ1) is 13.5. The lowest BCUT2D eigenvalue weighted by atomic mass is 9.81. The van der Waals surface area contributed by atoms with E-state index in [1.54, 1.807) is 18.2 Å². The van der Waals surface area contributed by atoms with Crippen LogP contribution >= 0.6 is 0 Å². The van der Waals surface area contributed by atoms with Crippen molar-refractivity contribution in [2.45, 2.75) is 79.1 Å². The molecule has 0 fully saturated rings. The second kappa shape index (κ2) is 11.8. The molecule has 0 spiro atoms.